The van der Waals surface area contributed by atoms with Gasteiger partial charge in [0.25, 0.3) is 0 Å². The molecule has 0 aliphatic rings. The SMILES string of the molecule is COc1ccc2c(-c3nc(NCCO)ncc3C(F)(F)F)c[nH]c2c1P(C)C. The zero-order valence-corrected chi connectivity index (χ0v) is 16.4. The third kappa shape index (κ3) is 3.77. The van der Waals surface area contributed by atoms with Gasteiger partial charge in [-0.1, -0.05) is 7.92 Å². The minimum absolute atomic E-state index is 0.0216. The number of aliphatic hydroxyl groups excluding tert-OH is 1. The second kappa shape index (κ2) is 7.93. The van der Waals surface area contributed by atoms with Crippen molar-refractivity contribution in [2.75, 3.05) is 38.9 Å². The maximum atomic E-state index is 13.6. The number of nitrogens with zero attached hydrogens (tertiary/aromatic N) is 2. The summed E-state index contributed by atoms with van der Waals surface area (Å²) in [4.78, 5) is 10.9. The molecule has 3 N–H and O–H groups in total. The largest absolute Gasteiger partial charge is 0.496 e. The Kier molecular flexibility index (Phi) is 5.76. The van der Waals surface area contributed by atoms with Crippen LogP contribution < -0.4 is 15.4 Å². The van der Waals surface area contributed by atoms with E-state index < -0.39 is 19.7 Å². The molecule has 0 fully saturated rings. The molecule has 3 rings (SSSR count). The molecule has 10 heteroatoms. The first-order chi connectivity index (χ1) is 13.3. The van der Waals surface area contributed by atoms with Crippen LogP contribution in [0.1, 0.15) is 5.56 Å². The summed E-state index contributed by atoms with van der Waals surface area (Å²) >= 11 is 0. The molecule has 2 aromatic heterocycles. The number of alkyl halides is 3. The summed E-state index contributed by atoms with van der Waals surface area (Å²) in [5.41, 5.74) is -0.0722. The van der Waals surface area contributed by atoms with Crippen LogP contribution in [0.2, 0.25) is 0 Å². The Morgan fingerprint density at radius 2 is 2.04 bits per heavy atom. The highest BCUT2D eigenvalue weighted by Gasteiger charge is 2.36. The van der Waals surface area contributed by atoms with E-state index in [1.54, 1.807) is 19.2 Å². The number of rotatable bonds is 6. The van der Waals surface area contributed by atoms with Crippen LogP contribution in [-0.4, -0.2) is 53.6 Å². The number of methoxy groups -OCH3 is 1. The van der Waals surface area contributed by atoms with Crippen LogP contribution >= 0.6 is 7.92 Å². The molecule has 3 aromatic rings. The van der Waals surface area contributed by atoms with Gasteiger partial charge >= 0.3 is 6.18 Å². The molecule has 0 saturated carbocycles. The van der Waals surface area contributed by atoms with Crippen LogP contribution in [0.3, 0.4) is 0 Å². The van der Waals surface area contributed by atoms with E-state index in [0.717, 1.165) is 17.0 Å². The Morgan fingerprint density at radius 1 is 1.29 bits per heavy atom. The Balaban J connectivity index is 2.25. The highest BCUT2D eigenvalue weighted by atomic mass is 31.1. The van der Waals surface area contributed by atoms with Gasteiger partial charge in [-0.25, -0.2) is 9.97 Å². The molecule has 0 bridgehead atoms. The van der Waals surface area contributed by atoms with Crippen molar-refractivity contribution in [3.8, 4) is 17.0 Å². The van der Waals surface area contributed by atoms with Crippen molar-refractivity contribution in [1.82, 2.24) is 15.0 Å². The topological polar surface area (TPSA) is 83.1 Å². The van der Waals surface area contributed by atoms with Gasteiger partial charge in [0.2, 0.25) is 5.95 Å². The summed E-state index contributed by atoms with van der Waals surface area (Å²) in [5.74, 6) is 0.717. The first kappa shape index (κ1) is 20.4. The molecule has 1 aromatic carbocycles. The normalized spacial score (nSPS) is 12.0. The Labute approximate surface area is 160 Å². The summed E-state index contributed by atoms with van der Waals surface area (Å²) in [6, 6.07) is 3.49. The second-order valence-corrected chi connectivity index (χ2v) is 8.48. The summed E-state index contributed by atoms with van der Waals surface area (Å²) in [7, 11) is 0.995. The molecule has 0 aliphatic heterocycles. The molecular weight excluding hydrogens is 392 g/mol. The van der Waals surface area contributed by atoms with Crippen LogP contribution in [0.25, 0.3) is 22.2 Å². The minimum Gasteiger partial charge on any atom is -0.496 e. The molecule has 0 atom stereocenters. The van der Waals surface area contributed by atoms with Gasteiger partial charge in [-0.15, -0.1) is 0 Å². The van der Waals surface area contributed by atoms with Crippen molar-refractivity contribution in [1.29, 1.82) is 0 Å². The van der Waals surface area contributed by atoms with E-state index in [4.69, 9.17) is 9.84 Å². The average Bonchev–Trinajstić information content (AvgIpc) is 3.08. The van der Waals surface area contributed by atoms with Crippen LogP contribution in [0.15, 0.2) is 24.5 Å². The number of aliphatic hydroxyl groups is 1. The van der Waals surface area contributed by atoms with Crippen molar-refractivity contribution >= 4 is 30.1 Å². The summed E-state index contributed by atoms with van der Waals surface area (Å²) in [6.07, 6.45) is -2.32. The number of halogens is 3. The first-order valence-electron chi connectivity index (χ1n) is 8.42. The van der Waals surface area contributed by atoms with Gasteiger partial charge in [-0.3, -0.25) is 0 Å². The number of hydrogen-bond donors (Lipinski definition) is 3. The van der Waals surface area contributed by atoms with Gasteiger partial charge in [-0.2, -0.15) is 13.2 Å². The maximum absolute atomic E-state index is 13.6. The quantitative estimate of drug-likeness (QED) is 0.541. The van der Waals surface area contributed by atoms with Crippen LogP contribution in [0.4, 0.5) is 19.1 Å². The van der Waals surface area contributed by atoms with E-state index >= 15 is 0 Å². The fourth-order valence-corrected chi connectivity index (χ4v) is 4.26. The van der Waals surface area contributed by atoms with Crippen molar-refractivity contribution in [2.45, 2.75) is 6.18 Å². The van der Waals surface area contributed by atoms with Crippen molar-refractivity contribution in [2.24, 2.45) is 0 Å². The van der Waals surface area contributed by atoms with E-state index in [1.165, 1.54) is 6.20 Å². The van der Waals surface area contributed by atoms with Crippen LogP contribution in [-0.2, 0) is 6.18 Å². The summed E-state index contributed by atoms with van der Waals surface area (Å²) in [6.45, 7) is 4.05. The highest BCUT2D eigenvalue weighted by molar-refractivity contribution is 7.64. The van der Waals surface area contributed by atoms with E-state index in [9.17, 15) is 13.2 Å². The number of fused-ring (bicyclic) bond motifs is 1. The molecule has 0 amide bonds. The lowest BCUT2D eigenvalue weighted by Gasteiger charge is -2.15. The van der Waals surface area contributed by atoms with Gasteiger partial charge in [-0.05, 0) is 25.5 Å². The Bertz CT molecular complexity index is 989. The molecule has 2 heterocycles. The Morgan fingerprint density at radius 3 is 2.64 bits per heavy atom. The van der Waals surface area contributed by atoms with Gasteiger partial charge in [0.05, 0.1) is 24.9 Å². The average molecular weight is 412 g/mol. The fourth-order valence-electron chi connectivity index (χ4n) is 3.02. The molecular formula is C18H20F3N4O2P. The number of benzene rings is 1. The number of anilines is 1. The zero-order chi connectivity index (χ0) is 20.5. The molecule has 150 valence electrons. The predicted molar refractivity (Wildman–Crippen MR) is 105 cm³/mol. The number of aromatic nitrogens is 3. The van der Waals surface area contributed by atoms with E-state index in [0.29, 0.717) is 16.7 Å². The number of aromatic amines is 1. The number of ether oxygens (including phenoxy) is 1. The minimum atomic E-state index is -4.61. The molecule has 0 spiro atoms. The van der Waals surface area contributed by atoms with Crippen molar-refractivity contribution < 1.29 is 23.0 Å². The third-order valence-corrected chi connectivity index (χ3v) is 5.54. The van der Waals surface area contributed by atoms with E-state index in [2.05, 4.69) is 33.6 Å². The lowest BCUT2D eigenvalue weighted by atomic mass is 10.1. The lowest BCUT2D eigenvalue weighted by molar-refractivity contribution is -0.137. The number of hydrogen-bond acceptors (Lipinski definition) is 5. The van der Waals surface area contributed by atoms with Gasteiger partial charge in [0, 0.05) is 35.2 Å². The third-order valence-electron chi connectivity index (χ3n) is 4.20. The number of H-pyrrole nitrogens is 1. The van der Waals surface area contributed by atoms with Crippen molar-refractivity contribution in [3.63, 3.8) is 0 Å². The van der Waals surface area contributed by atoms with Gasteiger partial charge < -0.3 is 20.1 Å². The lowest BCUT2D eigenvalue weighted by Crippen LogP contribution is -2.13. The maximum Gasteiger partial charge on any atom is 0.419 e. The van der Waals surface area contributed by atoms with Gasteiger partial charge in [0.1, 0.15) is 11.3 Å². The molecule has 0 aliphatic carbocycles. The van der Waals surface area contributed by atoms with E-state index in [1.807, 2.05) is 0 Å². The summed E-state index contributed by atoms with van der Waals surface area (Å²) < 4.78 is 46.2. The van der Waals surface area contributed by atoms with Crippen LogP contribution in [0, 0.1) is 0 Å². The van der Waals surface area contributed by atoms with E-state index in [-0.39, 0.29) is 24.8 Å². The highest BCUT2D eigenvalue weighted by Crippen LogP contribution is 2.41. The zero-order valence-electron chi connectivity index (χ0n) is 15.6. The van der Waals surface area contributed by atoms with Gasteiger partial charge in [0.15, 0.2) is 0 Å². The molecule has 6 nitrogen and oxygen atoms in total. The number of nitrogens with one attached hydrogen (secondary N) is 2. The fraction of sp³-hybridized carbons (Fsp3) is 0.333. The standard InChI is InChI=1S/C18H20F3N4O2P/c1-27-13-5-4-10-11(8-23-15(10)16(13)28(2)3)14-12(18(19,20)21)9-24-17(25-14)22-6-7-26/h4-5,8-9,23,26H,6-7H2,1-3H3,(H,22,24,25). The molecule has 28 heavy (non-hydrogen) atoms. The monoisotopic (exact) mass is 412 g/mol. The smallest absolute Gasteiger partial charge is 0.419 e. The molecule has 0 unspecified atom stereocenters. The molecule has 0 saturated heterocycles. The molecule has 0 radical (unpaired) electrons. The predicted octanol–water partition coefficient (Wildman–Crippen LogP) is 3.42. The second-order valence-electron chi connectivity index (χ2n) is 6.24. The summed E-state index contributed by atoms with van der Waals surface area (Å²) in [5, 5.41) is 13.2. The van der Waals surface area contributed by atoms with Crippen LogP contribution in [0.5, 0.6) is 5.75 Å². The first-order valence-corrected chi connectivity index (χ1v) is 10.7. The van der Waals surface area contributed by atoms with Crippen molar-refractivity contribution in [3.05, 3.63) is 30.1 Å². The Hall–Kier alpha value is -2.38.